The monoisotopic (exact) mass is 227 g/mol. The van der Waals surface area contributed by atoms with Crippen molar-refractivity contribution in [1.82, 2.24) is 5.32 Å². The molecule has 0 spiro atoms. The summed E-state index contributed by atoms with van der Waals surface area (Å²) in [5, 5.41) is 6.02. The van der Waals surface area contributed by atoms with Crippen LogP contribution in [-0.2, 0) is 4.74 Å². The molecule has 0 radical (unpaired) electrons. The molecule has 0 aromatic heterocycles. The van der Waals surface area contributed by atoms with Crippen LogP contribution in [0.5, 0.6) is 0 Å². The average molecular weight is 227 g/mol. The summed E-state index contributed by atoms with van der Waals surface area (Å²) in [6.07, 6.45) is 0.191. The zero-order valence-electron chi connectivity index (χ0n) is 10.0. The molecule has 2 aromatic carbocycles. The van der Waals surface area contributed by atoms with Gasteiger partial charge in [0.25, 0.3) is 0 Å². The first kappa shape index (κ1) is 10.8. The quantitative estimate of drug-likeness (QED) is 0.808. The Kier molecular flexibility index (Phi) is 2.83. The summed E-state index contributed by atoms with van der Waals surface area (Å²) in [5.74, 6) is 0. The van der Waals surface area contributed by atoms with E-state index in [1.54, 1.807) is 0 Å². The molecule has 1 fully saturated rings. The molecular formula is C15H17NO. The third kappa shape index (κ3) is 2.19. The lowest BCUT2D eigenvalue weighted by molar-refractivity contribution is 0.00702. The Morgan fingerprint density at radius 3 is 2.71 bits per heavy atom. The van der Waals surface area contributed by atoms with Crippen LogP contribution in [0.15, 0.2) is 42.5 Å². The predicted molar refractivity (Wildman–Crippen MR) is 70.1 cm³/mol. The number of nitrogens with one attached hydrogen (secondary N) is 1. The Balaban J connectivity index is 1.90. The molecule has 2 aromatic rings. The topological polar surface area (TPSA) is 21.3 Å². The van der Waals surface area contributed by atoms with E-state index in [-0.39, 0.29) is 6.10 Å². The lowest BCUT2D eigenvalue weighted by Crippen LogP contribution is -2.40. The van der Waals surface area contributed by atoms with E-state index in [0.717, 1.165) is 13.2 Å². The van der Waals surface area contributed by atoms with Gasteiger partial charge < -0.3 is 10.1 Å². The van der Waals surface area contributed by atoms with Gasteiger partial charge in [0.2, 0.25) is 0 Å². The number of benzene rings is 2. The molecule has 0 amide bonds. The van der Waals surface area contributed by atoms with Crippen molar-refractivity contribution < 1.29 is 4.74 Å². The van der Waals surface area contributed by atoms with E-state index in [1.165, 1.54) is 16.3 Å². The zero-order chi connectivity index (χ0) is 11.7. The molecule has 1 aliphatic heterocycles. The van der Waals surface area contributed by atoms with Crippen LogP contribution in [-0.4, -0.2) is 19.2 Å². The number of rotatable bonds is 1. The van der Waals surface area contributed by atoms with Crippen molar-refractivity contribution in [2.75, 3.05) is 13.2 Å². The van der Waals surface area contributed by atoms with Gasteiger partial charge in [-0.3, -0.25) is 0 Å². The van der Waals surface area contributed by atoms with Crippen LogP contribution >= 0.6 is 0 Å². The first-order valence-electron chi connectivity index (χ1n) is 6.16. The number of morpholine rings is 1. The van der Waals surface area contributed by atoms with E-state index < -0.39 is 0 Å². The zero-order valence-corrected chi connectivity index (χ0v) is 10.0. The molecule has 2 unspecified atom stereocenters. The number of ether oxygens (including phenoxy) is 1. The maximum Gasteiger partial charge on any atom is 0.0950 e. The van der Waals surface area contributed by atoms with E-state index >= 15 is 0 Å². The summed E-state index contributed by atoms with van der Waals surface area (Å²) in [6.45, 7) is 3.84. The van der Waals surface area contributed by atoms with Crippen LogP contribution in [0.1, 0.15) is 18.6 Å². The Morgan fingerprint density at radius 1 is 1.12 bits per heavy atom. The summed E-state index contributed by atoms with van der Waals surface area (Å²) in [5.41, 5.74) is 1.27. The average Bonchev–Trinajstić information content (AvgIpc) is 2.39. The smallest absolute Gasteiger partial charge is 0.0950 e. The van der Waals surface area contributed by atoms with Crippen LogP contribution in [0.4, 0.5) is 0 Å². The molecular weight excluding hydrogens is 210 g/mol. The predicted octanol–water partition coefficient (Wildman–Crippen LogP) is 2.89. The molecule has 2 atom stereocenters. The van der Waals surface area contributed by atoms with Crippen molar-refractivity contribution in [1.29, 1.82) is 0 Å². The Hall–Kier alpha value is -1.38. The fourth-order valence-corrected chi connectivity index (χ4v) is 2.31. The molecule has 88 valence electrons. The number of hydrogen-bond donors (Lipinski definition) is 1. The van der Waals surface area contributed by atoms with Gasteiger partial charge >= 0.3 is 0 Å². The van der Waals surface area contributed by atoms with Gasteiger partial charge in [0, 0.05) is 12.6 Å². The standard InChI is InChI=1S/C15H17NO/c1-11-10-17-15(9-16-11)14-7-6-12-4-2-3-5-13(12)8-14/h2-8,11,15-16H,9-10H2,1H3. The van der Waals surface area contributed by atoms with Crippen LogP contribution < -0.4 is 5.32 Å². The fraction of sp³-hybridized carbons (Fsp3) is 0.333. The van der Waals surface area contributed by atoms with Gasteiger partial charge in [-0.2, -0.15) is 0 Å². The van der Waals surface area contributed by atoms with Crippen LogP contribution in [0, 0.1) is 0 Å². The van der Waals surface area contributed by atoms with Crippen LogP contribution in [0.3, 0.4) is 0 Å². The lowest BCUT2D eigenvalue weighted by Gasteiger charge is -2.28. The van der Waals surface area contributed by atoms with E-state index in [1.807, 2.05) is 0 Å². The Morgan fingerprint density at radius 2 is 1.94 bits per heavy atom. The second-order valence-corrected chi connectivity index (χ2v) is 4.74. The molecule has 2 nitrogen and oxygen atoms in total. The molecule has 3 rings (SSSR count). The van der Waals surface area contributed by atoms with Crippen molar-refractivity contribution in [2.45, 2.75) is 19.1 Å². The highest BCUT2D eigenvalue weighted by atomic mass is 16.5. The molecule has 0 saturated carbocycles. The molecule has 1 heterocycles. The molecule has 0 aliphatic carbocycles. The van der Waals surface area contributed by atoms with Gasteiger partial charge in [-0.05, 0) is 29.3 Å². The van der Waals surface area contributed by atoms with Crippen molar-refractivity contribution >= 4 is 10.8 Å². The van der Waals surface area contributed by atoms with Gasteiger partial charge in [0.05, 0.1) is 12.7 Å². The summed E-state index contributed by atoms with van der Waals surface area (Å²) in [6, 6.07) is 15.5. The number of hydrogen-bond acceptors (Lipinski definition) is 2. The van der Waals surface area contributed by atoms with Crippen molar-refractivity contribution in [3.8, 4) is 0 Å². The van der Waals surface area contributed by atoms with Crippen molar-refractivity contribution in [3.63, 3.8) is 0 Å². The maximum atomic E-state index is 5.86. The third-order valence-corrected chi connectivity index (χ3v) is 3.34. The minimum Gasteiger partial charge on any atom is -0.371 e. The summed E-state index contributed by atoms with van der Waals surface area (Å²) >= 11 is 0. The van der Waals surface area contributed by atoms with Crippen LogP contribution in [0.25, 0.3) is 10.8 Å². The van der Waals surface area contributed by atoms with E-state index in [0.29, 0.717) is 6.04 Å². The van der Waals surface area contributed by atoms with Crippen LogP contribution in [0.2, 0.25) is 0 Å². The maximum absolute atomic E-state index is 5.86. The largest absolute Gasteiger partial charge is 0.371 e. The number of fused-ring (bicyclic) bond motifs is 1. The van der Waals surface area contributed by atoms with Gasteiger partial charge in [-0.1, -0.05) is 36.4 Å². The van der Waals surface area contributed by atoms with E-state index in [9.17, 15) is 0 Å². The molecule has 1 N–H and O–H groups in total. The molecule has 1 saturated heterocycles. The second kappa shape index (κ2) is 4.47. The first-order chi connectivity index (χ1) is 8.33. The summed E-state index contributed by atoms with van der Waals surface area (Å²) < 4.78 is 5.86. The minimum atomic E-state index is 0.191. The molecule has 1 aliphatic rings. The summed E-state index contributed by atoms with van der Waals surface area (Å²) in [4.78, 5) is 0. The highest BCUT2D eigenvalue weighted by Crippen LogP contribution is 2.24. The second-order valence-electron chi connectivity index (χ2n) is 4.74. The van der Waals surface area contributed by atoms with Gasteiger partial charge in [0.15, 0.2) is 0 Å². The molecule has 0 bridgehead atoms. The van der Waals surface area contributed by atoms with Gasteiger partial charge in [-0.25, -0.2) is 0 Å². The van der Waals surface area contributed by atoms with E-state index in [2.05, 4.69) is 54.7 Å². The normalized spacial score (nSPS) is 25.0. The van der Waals surface area contributed by atoms with Gasteiger partial charge in [-0.15, -0.1) is 0 Å². The van der Waals surface area contributed by atoms with Crippen molar-refractivity contribution in [2.24, 2.45) is 0 Å². The minimum absolute atomic E-state index is 0.191. The fourth-order valence-electron chi connectivity index (χ4n) is 2.31. The third-order valence-electron chi connectivity index (χ3n) is 3.34. The highest BCUT2D eigenvalue weighted by molar-refractivity contribution is 5.83. The van der Waals surface area contributed by atoms with Gasteiger partial charge in [0.1, 0.15) is 0 Å². The highest BCUT2D eigenvalue weighted by Gasteiger charge is 2.19. The molecule has 17 heavy (non-hydrogen) atoms. The SMILES string of the molecule is CC1COC(c2ccc3ccccc3c2)CN1. The Labute approximate surface area is 102 Å². The Bertz CT molecular complexity index is 515. The first-order valence-corrected chi connectivity index (χ1v) is 6.16. The lowest BCUT2D eigenvalue weighted by atomic mass is 10.0. The molecule has 2 heteroatoms. The summed E-state index contributed by atoms with van der Waals surface area (Å²) in [7, 11) is 0. The van der Waals surface area contributed by atoms with E-state index in [4.69, 9.17) is 4.74 Å². The van der Waals surface area contributed by atoms with Crippen molar-refractivity contribution in [3.05, 3.63) is 48.0 Å².